The highest BCUT2D eigenvalue weighted by molar-refractivity contribution is 7.99. The molecule has 0 unspecified atom stereocenters. The predicted molar refractivity (Wildman–Crippen MR) is 115 cm³/mol. The highest BCUT2D eigenvalue weighted by Crippen LogP contribution is 2.33. The molecule has 2 aromatic heterocycles. The quantitative estimate of drug-likeness (QED) is 0.396. The Morgan fingerprint density at radius 1 is 1.07 bits per heavy atom. The van der Waals surface area contributed by atoms with Crippen LogP contribution < -0.4 is 0 Å². The first-order valence-electron chi connectivity index (χ1n) is 9.57. The molecule has 0 amide bonds. The van der Waals surface area contributed by atoms with E-state index < -0.39 is 0 Å². The highest BCUT2D eigenvalue weighted by atomic mass is 35.5. The molecule has 0 aliphatic heterocycles. The largest absolute Gasteiger partial charge is 0.411 e. The molecule has 1 aliphatic carbocycles. The Hall–Kier alpha value is -2.57. The smallest absolute Gasteiger partial charge is 0.277 e. The van der Waals surface area contributed by atoms with Crippen LogP contribution in [0, 0.1) is 0 Å². The monoisotopic (exact) mass is 423 g/mol. The molecule has 5 nitrogen and oxygen atoms in total. The Bertz CT molecular complexity index is 1200. The van der Waals surface area contributed by atoms with Crippen molar-refractivity contribution < 1.29 is 9.21 Å². The lowest BCUT2D eigenvalue weighted by Gasteiger charge is -2.14. The van der Waals surface area contributed by atoms with Crippen LogP contribution in [-0.2, 0) is 12.8 Å². The van der Waals surface area contributed by atoms with E-state index in [2.05, 4.69) is 16.3 Å². The first-order chi connectivity index (χ1) is 14.2. The maximum Gasteiger partial charge on any atom is 0.277 e. The maximum atomic E-state index is 13.1. The molecule has 0 fully saturated rings. The number of nitrogens with zero attached hydrogens (tertiary/aromatic N) is 3. The second kappa shape index (κ2) is 7.69. The zero-order valence-corrected chi connectivity index (χ0v) is 17.2. The Balaban J connectivity index is 1.37. The normalized spacial score (nSPS) is 13.6. The second-order valence-corrected chi connectivity index (χ2v) is 8.41. The SMILES string of the molecule is O=C(CSc1nnc(-c2ccc(Cl)cc2)o1)n1c2c(c3ccccc31)CCCC2. The van der Waals surface area contributed by atoms with Crippen LogP contribution >= 0.6 is 23.4 Å². The van der Waals surface area contributed by atoms with E-state index in [1.54, 1.807) is 12.1 Å². The Morgan fingerprint density at radius 2 is 1.86 bits per heavy atom. The lowest BCUT2D eigenvalue weighted by molar-refractivity contribution is 0.0943. The van der Waals surface area contributed by atoms with Crippen LogP contribution in [0.25, 0.3) is 22.4 Å². The van der Waals surface area contributed by atoms with Crippen LogP contribution in [0.2, 0.25) is 5.02 Å². The zero-order chi connectivity index (χ0) is 19.8. The number of halogens is 1. The zero-order valence-electron chi connectivity index (χ0n) is 15.6. The van der Waals surface area contributed by atoms with Crippen molar-refractivity contribution in [1.29, 1.82) is 0 Å². The number of fused-ring (bicyclic) bond motifs is 3. The van der Waals surface area contributed by atoms with Gasteiger partial charge in [-0.3, -0.25) is 9.36 Å². The van der Waals surface area contributed by atoms with Crippen molar-refractivity contribution in [2.45, 2.75) is 30.9 Å². The number of para-hydroxylation sites is 1. The van der Waals surface area contributed by atoms with Gasteiger partial charge < -0.3 is 4.42 Å². The number of rotatable bonds is 4. The summed E-state index contributed by atoms with van der Waals surface area (Å²) in [4.78, 5) is 13.1. The molecule has 0 spiro atoms. The third-order valence-corrected chi connectivity index (χ3v) is 6.30. The van der Waals surface area contributed by atoms with Gasteiger partial charge in [-0.2, -0.15) is 0 Å². The van der Waals surface area contributed by atoms with Crippen LogP contribution in [0.3, 0.4) is 0 Å². The van der Waals surface area contributed by atoms with E-state index in [4.69, 9.17) is 16.0 Å². The van der Waals surface area contributed by atoms with E-state index in [0.717, 1.165) is 36.0 Å². The molecule has 0 bridgehead atoms. The molecule has 0 atom stereocenters. The van der Waals surface area contributed by atoms with Gasteiger partial charge >= 0.3 is 0 Å². The average Bonchev–Trinajstić information content (AvgIpc) is 3.35. The van der Waals surface area contributed by atoms with Crippen molar-refractivity contribution in [3.05, 3.63) is 64.8 Å². The summed E-state index contributed by atoms with van der Waals surface area (Å²) in [5.74, 6) is 0.703. The summed E-state index contributed by atoms with van der Waals surface area (Å²) >= 11 is 7.19. The molecule has 4 aromatic rings. The topological polar surface area (TPSA) is 60.9 Å². The fraction of sp³-hybridized carbons (Fsp3) is 0.227. The summed E-state index contributed by atoms with van der Waals surface area (Å²) in [6.45, 7) is 0. The molecule has 0 radical (unpaired) electrons. The average molecular weight is 424 g/mol. The van der Waals surface area contributed by atoms with Gasteiger partial charge in [-0.05, 0) is 61.6 Å². The summed E-state index contributed by atoms with van der Waals surface area (Å²) in [6, 6.07) is 15.4. The van der Waals surface area contributed by atoms with E-state index in [1.165, 1.54) is 29.1 Å². The van der Waals surface area contributed by atoms with E-state index in [0.29, 0.717) is 16.1 Å². The first-order valence-corrected chi connectivity index (χ1v) is 10.9. The molecule has 5 rings (SSSR count). The van der Waals surface area contributed by atoms with Gasteiger partial charge in [-0.25, -0.2) is 0 Å². The van der Waals surface area contributed by atoms with Crippen LogP contribution in [0.5, 0.6) is 0 Å². The van der Waals surface area contributed by atoms with Crippen molar-refractivity contribution in [2.75, 3.05) is 5.75 Å². The van der Waals surface area contributed by atoms with E-state index >= 15 is 0 Å². The van der Waals surface area contributed by atoms with Crippen molar-refractivity contribution in [3.63, 3.8) is 0 Å². The number of carbonyl (C=O) groups excluding carboxylic acids is 1. The Morgan fingerprint density at radius 3 is 2.72 bits per heavy atom. The van der Waals surface area contributed by atoms with Crippen LogP contribution in [0.15, 0.2) is 58.2 Å². The number of thioether (sulfide) groups is 1. The lowest BCUT2D eigenvalue weighted by Crippen LogP contribution is -2.18. The van der Waals surface area contributed by atoms with Gasteiger partial charge in [0, 0.05) is 21.7 Å². The molecule has 7 heteroatoms. The van der Waals surface area contributed by atoms with Gasteiger partial charge in [0.1, 0.15) is 0 Å². The van der Waals surface area contributed by atoms with Gasteiger partial charge in [0.05, 0.1) is 11.3 Å². The number of hydrogen-bond donors (Lipinski definition) is 0. The summed E-state index contributed by atoms with van der Waals surface area (Å²) < 4.78 is 7.61. The molecule has 0 N–H and O–H groups in total. The third-order valence-electron chi connectivity index (χ3n) is 5.24. The van der Waals surface area contributed by atoms with Crippen molar-refractivity contribution >= 4 is 40.2 Å². The van der Waals surface area contributed by atoms with Crippen molar-refractivity contribution in [3.8, 4) is 11.5 Å². The minimum atomic E-state index is 0.0422. The summed E-state index contributed by atoms with van der Waals surface area (Å²) in [7, 11) is 0. The summed E-state index contributed by atoms with van der Waals surface area (Å²) in [5, 5.41) is 10.4. The number of aryl methyl sites for hydroxylation is 1. The molecule has 1 aliphatic rings. The Kier molecular flexibility index (Phi) is 4.89. The third kappa shape index (κ3) is 3.47. The van der Waals surface area contributed by atoms with Crippen LogP contribution in [0.4, 0.5) is 0 Å². The molecule has 0 saturated heterocycles. The molecular weight excluding hydrogens is 406 g/mol. The standard InChI is InChI=1S/C22H18ClN3O2S/c23-15-11-9-14(10-12-15)21-24-25-22(28-21)29-13-20(27)26-18-7-3-1-5-16(18)17-6-2-4-8-19(17)26/h1,3,5,7,9-12H,2,4,6,8,13H2. The summed E-state index contributed by atoms with van der Waals surface area (Å²) in [6.07, 6.45) is 4.29. The lowest BCUT2D eigenvalue weighted by atomic mass is 9.96. The molecule has 0 saturated carbocycles. The fourth-order valence-corrected chi connectivity index (χ4v) is 4.68. The minimum Gasteiger partial charge on any atom is -0.411 e. The number of carbonyl (C=O) groups is 1. The summed E-state index contributed by atoms with van der Waals surface area (Å²) in [5.41, 5.74) is 4.28. The van der Waals surface area contributed by atoms with Gasteiger partial charge in [0.25, 0.3) is 5.22 Å². The molecule has 146 valence electrons. The van der Waals surface area contributed by atoms with E-state index in [-0.39, 0.29) is 11.7 Å². The second-order valence-electron chi connectivity index (χ2n) is 7.05. The van der Waals surface area contributed by atoms with E-state index in [1.807, 2.05) is 34.9 Å². The molecule has 29 heavy (non-hydrogen) atoms. The van der Waals surface area contributed by atoms with Gasteiger partial charge in [0.2, 0.25) is 11.8 Å². The van der Waals surface area contributed by atoms with Crippen molar-refractivity contribution in [1.82, 2.24) is 14.8 Å². The number of aromatic nitrogens is 3. The minimum absolute atomic E-state index is 0.0422. The van der Waals surface area contributed by atoms with Crippen LogP contribution in [-0.4, -0.2) is 26.4 Å². The predicted octanol–water partition coefficient (Wildman–Crippen LogP) is 5.66. The number of hydrogen-bond acceptors (Lipinski definition) is 5. The van der Waals surface area contributed by atoms with Gasteiger partial charge in [-0.1, -0.05) is 41.6 Å². The number of benzene rings is 2. The van der Waals surface area contributed by atoms with Gasteiger partial charge in [0.15, 0.2) is 0 Å². The first kappa shape index (κ1) is 18.5. The molecule has 2 aromatic carbocycles. The molecular formula is C22H18ClN3O2S. The maximum absolute atomic E-state index is 13.1. The Labute approximate surface area is 177 Å². The van der Waals surface area contributed by atoms with Crippen LogP contribution in [0.1, 0.15) is 28.9 Å². The van der Waals surface area contributed by atoms with Gasteiger partial charge in [-0.15, -0.1) is 10.2 Å². The fourth-order valence-electron chi connectivity index (χ4n) is 3.95. The highest BCUT2D eigenvalue weighted by Gasteiger charge is 2.23. The van der Waals surface area contributed by atoms with Crippen molar-refractivity contribution in [2.24, 2.45) is 0 Å². The van der Waals surface area contributed by atoms with E-state index in [9.17, 15) is 4.79 Å². The molecule has 2 heterocycles.